The van der Waals surface area contributed by atoms with Gasteiger partial charge < -0.3 is 9.88 Å². The SMILES string of the molecule is Cc1ccc2nc3c(cc(C(=O)NC4CCCCC4)n3Cc3ccccc3)c(=O)n2c1. The van der Waals surface area contributed by atoms with Crippen LogP contribution in [0, 0.1) is 6.92 Å². The number of carbonyl (C=O) groups excluding carboxylic acids is 1. The van der Waals surface area contributed by atoms with Crippen LogP contribution < -0.4 is 10.9 Å². The molecule has 1 aromatic carbocycles. The van der Waals surface area contributed by atoms with Crippen molar-refractivity contribution < 1.29 is 4.79 Å². The van der Waals surface area contributed by atoms with Gasteiger partial charge >= 0.3 is 0 Å². The Hall–Kier alpha value is -3.41. The van der Waals surface area contributed by atoms with E-state index in [0.717, 1.165) is 36.8 Å². The zero-order valence-corrected chi connectivity index (χ0v) is 17.7. The monoisotopic (exact) mass is 414 g/mol. The molecule has 0 bridgehead atoms. The fourth-order valence-electron chi connectivity index (χ4n) is 4.53. The number of rotatable bonds is 4. The summed E-state index contributed by atoms with van der Waals surface area (Å²) in [4.78, 5) is 31.3. The van der Waals surface area contributed by atoms with Crippen LogP contribution in [0.2, 0.25) is 0 Å². The average molecular weight is 415 g/mol. The lowest BCUT2D eigenvalue weighted by Crippen LogP contribution is -2.37. The van der Waals surface area contributed by atoms with Crippen LogP contribution in [0.5, 0.6) is 0 Å². The number of aryl methyl sites for hydroxylation is 1. The normalized spacial score (nSPS) is 14.9. The van der Waals surface area contributed by atoms with E-state index in [4.69, 9.17) is 4.98 Å². The van der Waals surface area contributed by atoms with Crippen LogP contribution in [-0.4, -0.2) is 25.9 Å². The Kier molecular flexibility index (Phi) is 5.06. The Balaban J connectivity index is 1.65. The molecule has 3 heterocycles. The highest BCUT2D eigenvalue weighted by Gasteiger charge is 2.23. The molecule has 6 heteroatoms. The quantitative estimate of drug-likeness (QED) is 0.547. The summed E-state index contributed by atoms with van der Waals surface area (Å²) in [6.07, 6.45) is 7.33. The molecule has 3 aromatic heterocycles. The van der Waals surface area contributed by atoms with Gasteiger partial charge in [-0.3, -0.25) is 14.0 Å². The largest absolute Gasteiger partial charge is 0.348 e. The third kappa shape index (κ3) is 3.74. The summed E-state index contributed by atoms with van der Waals surface area (Å²) in [5, 5.41) is 3.66. The zero-order valence-electron chi connectivity index (χ0n) is 17.7. The Labute approximate surface area is 180 Å². The third-order valence-corrected chi connectivity index (χ3v) is 6.17. The first-order valence-electron chi connectivity index (χ1n) is 11.0. The van der Waals surface area contributed by atoms with E-state index in [-0.39, 0.29) is 17.5 Å². The van der Waals surface area contributed by atoms with Gasteiger partial charge in [0.25, 0.3) is 11.5 Å². The smallest absolute Gasteiger partial charge is 0.268 e. The Morgan fingerprint density at radius 1 is 1.10 bits per heavy atom. The van der Waals surface area contributed by atoms with Gasteiger partial charge in [0.05, 0.1) is 5.39 Å². The van der Waals surface area contributed by atoms with Crippen LogP contribution in [0.25, 0.3) is 16.7 Å². The Morgan fingerprint density at radius 2 is 1.87 bits per heavy atom. The molecule has 31 heavy (non-hydrogen) atoms. The summed E-state index contributed by atoms with van der Waals surface area (Å²) in [5.74, 6) is -0.134. The number of hydrogen-bond acceptors (Lipinski definition) is 3. The van der Waals surface area contributed by atoms with E-state index in [0.29, 0.717) is 28.9 Å². The third-order valence-electron chi connectivity index (χ3n) is 6.17. The van der Waals surface area contributed by atoms with Crippen molar-refractivity contribution in [1.29, 1.82) is 0 Å². The van der Waals surface area contributed by atoms with Gasteiger partial charge in [0.1, 0.15) is 17.0 Å². The molecule has 158 valence electrons. The molecule has 0 atom stereocenters. The molecule has 0 aliphatic heterocycles. The number of pyridine rings is 1. The van der Waals surface area contributed by atoms with E-state index >= 15 is 0 Å². The topological polar surface area (TPSA) is 68.4 Å². The highest BCUT2D eigenvalue weighted by Crippen LogP contribution is 2.21. The molecule has 0 spiro atoms. The number of nitrogens with one attached hydrogen (secondary N) is 1. The van der Waals surface area contributed by atoms with Crippen molar-refractivity contribution in [2.45, 2.75) is 51.6 Å². The molecule has 1 fully saturated rings. The molecular formula is C25H26N4O2. The first kappa shape index (κ1) is 19.5. The molecule has 5 rings (SSSR count). The summed E-state index contributed by atoms with van der Waals surface area (Å²) >= 11 is 0. The van der Waals surface area contributed by atoms with Crippen LogP contribution in [0.1, 0.15) is 53.7 Å². The minimum absolute atomic E-state index is 0.134. The zero-order chi connectivity index (χ0) is 21.4. The highest BCUT2D eigenvalue weighted by molar-refractivity contribution is 5.98. The van der Waals surface area contributed by atoms with Crippen LogP contribution in [-0.2, 0) is 6.54 Å². The molecule has 1 amide bonds. The van der Waals surface area contributed by atoms with Gasteiger partial charge in [0.15, 0.2) is 0 Å². The predicted octanol–water partition coefficient (Wildman–Crippen LogP) is 4.07. The predicted molar refractivity (Wildman–Crippen MR) is 122 cm³/mol. The van der Waals surface area contributed by atoms with Crippen LogP contribution in [0.4, 0.5) is 0 Å². The number of nitrogens with zero attached hydrogens (tertiary/aromatic N) is 3. The lowest BCUT2D eigenvalue weighted by molar-refractivity contribution is 0.0919. The molecule has 0 radical (unpaired) electrons. The van der Waals surface area contributed by atoms with Gasteiger partial charge in [-0.15, -0.1) is 0 Å². The van der Waals surface area contributed by atoms with Crippen molar-refractivity contribution in [2.24, 2.45) is 0 Å². The second-order valence-electron chi connectivity index (χ2n) is 8.50. The lowest BCUT2D eigenvalue weighted by Gasteiger charge is -2.23. The van der Waals surface area contributed by atoms with Crippen LogP contribution in [0.3, 0.4) is 0 Å². The second kappa shape index (κ2) is 8.02. The molecule has 1 aliphatic rings. The maximum atomic E-state index is 13.3. The van der Waals surface area contributed by atoms with Crippen molar-refractivity contribution >= 4 is 22.6 Å². The summed E-state index contributed by atoms with van der Waals surface area (Å²) in [6.45, 7) is 2.42. The molecule has 1 saturated carbocycles. The van der Waals surface area contributed by atoms with Gasteiger partial charge in [-0.1, -0.05) is 55.7 Å². The van der Waals surface area contributed by atoms with E-state index in [1.54, 1.807) is 16.7 Å². The van der Waals surface area contributed by atoms with E-state index < -0.39 is 0 Å². The van der Waals surface area contributed by atoms with Crippen LogP contribution >= 0.6 is 0 Å². The van der Waals surface area contributed by atoms with Crippen molar-refractivity contribution in [3.05, 3.63) is 81.9 Å². The highest BCUT2D eigenvalue weighted by atomic mass is 16.2. The number of fused-ring (bicyclic) bond motifs is 2. The fourth-order valence-corrected chi connectivity index (χ4v) is 4.53. The first-order valence-corrected chi connectivity index (χ1v) is 11.0. The number of amides is 1. The first-order chi connectivity index (χ1) is 15.1. The van der Waals surface area contributed by atoms with Gasteiger partial charge in [-0.05, 0) is 43.0 Å². The number of carbonyl (C=O) groups is 1. The molecule has 6 nitrogen and oxygen atoms in total. The standard InChI is InChI=1S/C25H26N4O2/c1-17-12-13-22-27-23-20(25(31)29(22)15-17)14-21(24(30)26-19-10-6-3-7-11-19)28(23)16-18-8-4-2-5-9-18/h2,4-5,8-9,12-15,19H,3,6-7,10-11,16H2,1H3,(H,26,30). The maximum absolute atomic E-state index is 13.3. The van der Waals surface area contributed by atoms with Gasteiger partial charge in [0.2, 0.25) is 0 Å². The second-order valence-corrected chi connectivity index (χ2v) is 8.50. The molecule has 1 N–H and O–H groups in total. The van der Waals surface area contributed by atoms with E-state index in [1.807, 2.05) is 54.0 Å². The van der Waals surface area contributed by atoms with Crippen molar-refractivity contribution in [3.63, 3.8) is 0 Å². The molecule has 1 aliphatic carbocycles. The number of benzene rings is 1. The average Bonchev–Trinajstić information content (AvgIpc) is 3.14. The summed E-state index contributed by atoms with van der Waals surface area (Å²) in [7, 11) is 0. The van der Waals surface area contributed by atoms with E-state index in [9.17, 15) is 9.59 Å². The summed E-state index contributed by atoms with van der Waals surface area (Å²) < 4.78 is 3.44. The Morgan fingerprint density at radius 3 is 2.65 bits per heavy atom. The summed E-state index contributed by atoms with van der Waals surface area (Å²) in [6, 6.07) is 15.6. The van der Waals surface area contributed by atoms with Gasteiger partial charge in [0, 0.05) is 18.8 Å². The van der Waals surface area contributed by atoms with E-state index in [1.165, 1.54) is 6.42 Å². The molecular weight excluding hydrogens is 388 g/mol. The van der Waals surface area contributed by atoms with Crippen LogP contribution in [0.15, 0.2) is 59.5 Å². The number of hydrogen-bond donors (Lipinski definition) is 1. The van der Waals surface area contributed by atoms with Crippen molar-refractivity contribution in [1.82, 2.24) is 19.3 Å². The molecule has 0 saturated heterocycles. The fraction of sp³-hybridized carbons (Fsp3) is 0.320. The molecule has 0 unspecified atom stereocenters. The Bertz CT molecular complexity index is 1310. The van der Waals surface area contributed by atoms with Gasteiger partial charge in [-0.25, -0.2) is 4.98 Å². The lowest BCUT2D eigenvalue weighted by atomic mass is 9.95. The minimum atomic E-state index is -0.151. The number of aromatic nitrogens is 3. The van der Waals surface area contributed by atoms with Gasteiger partial charge in [-0.2, -0.15) is 0 Å². The van der Waals surface area contributed by atoms with Crippen molar-refractivity contribution in [3.8, 4) is 0 Å². The minimum Gasteiger partial charge on any atom is -0.348 e. The van der Waals surface area contributed by atoms with Crippen molar-refractivity contribution in [2.75, 3.05) is 0 Å². The summed E-state index contributed by atoms with van der Waals surface area (Å²) in [5.41, 5.74) is 3.50. The maximum Gasteiger partial charge on any atom is 0.268 e. The van der Waals surface area contributed by atoms with E-state index in [2.05, 4.69) is 5.32 Å². The molecule has 4 aromatic rings.